The standard InChI is InChI=1S/C13H14BrClN2/c14-10-7-16-13-9(12(10)15)6-11(17-13)8-4-2-1-3-5-8/h4,7,11H,1-3,5-6H2,(H,16,17). The van der Waals surface area contributed by atoms with Crippen molar-refractivity contribution in [1.29, 1.82) is 0 Å². The van der Waals surface area contributed by atoms with E-state index in [4.69, 9.17) is 11.6 Å². The van der Waals surface area contributed by atoms with Gasteiger partial charge in [-0.1, -0.05) is 23.3 Å². The summed E-state index contributed by atoms with van der Waals surface area (Å²) in [7, 11) is 0. The zero-order valence-corrected chi connectivity index (χ0v) is 11.8. The Morgan fingerprint density at radius 2 is 2.29 bits per heavy atom. The molecular formula is C13H14BrClN2. The van der Waals surface area contributed by atoms with Crippen LogP contribution in [0.3, 0.4) is 0 Å². The lowest BCUT2D eigenvalue weighted by Crippen LogP contribution is -2.19. The van der Waals surface area contributed by atoms with Gasteiger partial charge >= 0.3 is 0 Å². The second kappa shape index (κ2) is 4.62. The number of halogens is 2. The molecule has 2 heterocycles. The van der Waals surface area contributed by atoms with E-state index in [1.54, 1.807) is 6.20 Å². The van der Waals surface area contributed by atoms with E-state index < -0.39 is 0 Å². The van der Waals surface area contributed by atoms with E-state index in [-0.39, 0.29) is 0 Å². The quantitative estimate of drug-likeness (QED) is 0.780. The van der Waals surface area contributed by atoms with Crippen molar-refractivity contribution in [2.75, 3.05) is 5.32 Å². The number of allylic oxidation sites excluding steroid dienone is 1. The van der Waals surface area contributed by atoms with Crippen molar-refractivity contribution < 1.29 is 0 Å². The number of nitrogens with zero attached hydrogens (tertiary/aromatic N) is 1. The van der Waals surface area contributed by atoms with Gasteiger partial charge in [0.1, 0.15) is 5.82 Å². The molecule has 1 aromatic heterocycles. The van der Waals surface area contributed by atoms with Crippen LogP contribution in [0, 0.1) is 0 Å². The van der Waals surface area contributed by atoms with Gasteiger partial charge in [-0.15, -0.1) is 0 Å². The van der Waals surface area contributed by atoms with Crippen LogP contribution < -0.4 is 5.32 Å². The minimum atomic E-state index is 0.407. The molecule has 1 atom stereocenters. The Hall–Kier alpha value is -0.540. The molecule has 2 nitrogen and oxygen atoms in total. The zero-order valence-electron chi connectivity index (χ0n) is 9.47. The third kappa shape index (κ3) is 2.11. The molecule has 90 valence electrons. The molecule has 0 spiro atoms. The third-order valence-electron chi connectivity index (χ3n) is 3.56. The first-order valence-electron chi connectivity index (χ1n) is 6.04. The van der Waals surface area contributed by atoms with Crippen LogP contribution in [-0.4, -0.2) is 11.0 Å². The van der Waals surface area contributed by atoms with Crippen LogP contribution in [0.1, 0.15) is 31.2 Å². The summed E-state index contributed by atoms with van der Waals surface area (Å²) in [6.45, 7) is 0. The van der Waals surface area contributed by atoms with Gasteiger partial charge in [0, 0.05) is 18.2 Å². The molecule has 17 heavy (non-hydrogen) atoms. The summed E-state index contributed by atoms with van der Waals surface area (Å²) in [5, 5.41) is 4.29. The van der Waals surface area contributed by atoms with Crippen LogP contribution >= 0.6 is 27.5 Å². The molecule has 1 aromatic rings. The molecule has 1 aliphatic heterocycles. The maximum atomic E-state index is 6.30. The molecule has 1 unspecified atom stereocenters. The number of hydrogen-bond acceptors (Lipinski definition) is 2. The van der Waals surface area contributed by atoms with Gasteiger partial charge in [0.25, 0.3) is 0 Å². The van der Waals surface area contributed by atoms with Crippen molar-refractivity contribution in [2.45, 2.75) is 38.1 Å². The van der Waals surface area contributed by atoms with E-state index in [1.165, 1.54) is 31.3 Å². The molecule has 0 fully saturated rings. The van der Waals surface area contributed by atoms with Gasteiger partial charge < -0.3 is 5.32 Å². The van der Waals surface area contributed by atoms with Gasteiger partial charge in [0.2, 0.25) is 0 Å². The van der Waals surface area contributed by atoms with Crippen molar-refractivity contribution in [2.24, 2.45) is 0 Å². The highest BCUT2D eigenvalue weighted by Gasteiger charge is 2.27. The van der Waals surface area contributed by atoms with Gasteiger partial charge in [-0.3, -0.25) is 0 Å². The predicted octanol–water partition coefficient (Wildman–Crippen LogP) is 4.33. The predicted molar refractivity (Wildman–Crippen MR) is 74.6 cm³/mol. The summed E-state index contributed by atoms with van der Waals surface area (Å²) in [5.74, 6) is 0.953. The summed E-state index contributed by atoms with van der Waals surface area (Å²) in [6, 6.07) is 0.407. The topological polar surface area (TPSA) is 24.9 Å². The van der Waals surface area contributed by atoms with Gasteiger partial charge in [0.15, 0.2) is 0 Å². The van der Waals surface area contributed by atoms with Gasteiger partial charge in [0.05, 0.1) is 15.5 Å². The average Bonchev–Trinajstić information content (AvgIpc) is 2.80. The molecule has 0 saturated carbocycles. The van der Waals surface area contributed by atoms with Crippen molar-refractivity contribution in [3.8, 4) is 0 Å². The Bertz CT molecular complexity index is 485. The van der Waals surface area contributed by atoms with Gasteiger partial charge in [-0.2, -0.15) is 0 Å². The molecule has 0 bridgehead atoms. The second-order valence-corrected chi connectivity index (χ2v) is 5.91. The minimum Gasteiger partial charge on any atom is -0.363 e. The third-order valence-corrected chi connectivity index (χ3v) is 4.82. The van der Waals surface area contributed by atoms with Crippen LogP contribution in [0.4, 0.5) is 5.82 Å². The molecule has 0 radical (unpaired) electrons. The number of rotatable bonds is 1. The molecule has 1 aliphatic carbocycles. The Morgan fingerprint density at radius 3 is 3.06 bits per heavy atom. The lowest BCUT2D eigenvalue weighted by atomic mass is 9.92. The maximum absolute atomic E-state index is 6.30. The van der Waals surface area contributed by atoms with Crippen molar-refractivity contribution in [1.82, 2.24) is 4.98 Å². The van der Waals surface area contributed by atoms with Crippen LogP contribution in [0.5, 0.6) is 0 Å². The van der Waals surface area contributed by atoms with Gasteiger partial charge in [-0.25, -0.2) is 4.98 Å². The first kappa shape index (κ1) is 11.5. The fraction of sp³-hybridized carbons (Fsp3) is 0.462. The SMILES string of the molecule is Clc1c(Br)cnc2c1CC(C1=CCCCC1)N2. The number of fused-ring (bicyclic) bond motifs is 1. The number of hydrogen-bond donors (Lipinski definition) is 1. The van der Waals surface area contributed by atoms with Crippen LogP contribution in [0.2, 0.25) is 5.02 Å². The normalized spacial score (nSPS) is 22.9. The average molecular weight is 314 g/mol. The Kier molecular flexibility index (Phi) is 3.14. The number of pyridine rings is 1. The highest BCUT2D eigenvalue weighted by molar-refractivity contribution is 9.10. The molecule has 0 saturated heterocycles. The molecular weight excluding hydrogens is 300 g/mol. The molecule has 4 heteroatoms. The van der Waals surface area contributed by atoms with E-state index >= 15 is 0 Å². The maximum Gasteiger partial charge on any atom is 0.131 e. The number of nitrogens with one attached hydrogen (secondary N) is 1. The Labute approximate surface area is 115 Å². The monoisotopic (exact) mass is 312 g/mol. The van der Waals surface area contributed by atoms with Crippen molar-refractivity contribution >= 4 is 33.3 Å². The summed E-state index contributed by atoms with van der Waals surface area (Å²) in [6.07, 6.45) is 10.2. The van der Waals surface area contributed by atoms with Gasteiger partial charge in [-0.05, 0) is 41.6 Å². The fourth-order valence-electron chi connectivity index (χ4n) is 2.64. The highest BCUT2D eigenvalue weighted by atomic mass is 79.9. The van der Waals surface area contributed by atoms with E-state index in [2.05, 4.69) is 32.3 Å². The minimum absolute atomic E-state index is 0.407. The first-order chi connectivity index (χ1) is 8.25. The number of anilines is 1. The largest absolute Gasteiger partial charge is 0.363 e. The van der Waals surface area contributed by atoms with Crippen LogP contribution in [0.25, 0.3) is 0 Å². The van der Waals surface area contributed by atoms with Crippen LogP contribution in [-0.2, 0) is 6.42 Å². The lowest BCUT2D eigenvalue weighted by Gasteiger charge is -2.19. The smallest absolute Gasteiger partial charge is 0.131 e. The molecule has 2 aliphatic rings. The summed E-state index contributed by atoms with van der Waals surface area (Å²) >= 11 is 9.72. The molecule has 0 aromatic carbocycles. The number of aromatic nitrogens is 1. The van der Waals surface area contributed by atoms with Crippen molar-refractivity contribution in [3.05, 3.63) is 32.9 Å². The second-order valence-electron chi connectivity index (χ2n) is 4.67. The Morgan fingerprint density at radius 1 is 1.41 bits per heavy atom. The van der Waals surface area contributed by atoms with E-state index in [0.29, 0.717) is 6.04 Å². The zero-order chi connectivity index (χ0) is 11.8. The lowest BCUT2D eigenvalue weighted by molar-refractivity contribution is 0.656. The molecule has 0 amide bonds. The van der Waals surface area contributed by atoms with E-state index in [0.717, 1.165) is 27.3 Å². The van der Waals surface area contributed by atoms with Crippen LogP contribution in [0.15, 0.2) is 22.3 Å². The van der Waals surface area contributed by atoms with Crippen molar-refractivity contribution in [3.63, 3.8) is 0 Å². The summed E-state index contributed by atoms with van der Waals surface area (Å²) in [5.41, 5.74) is 2.68. The molecule has 3 rings (SSSR count). The fourth-order valence-corrected chi connectivity index (χ4v) is 3.20. The van der Waals surface area contributed by atoms with E-state index in [9.17, 15) is 0 Å². The highest BCUT2D eigenvalue weighted by Crippen LogP contribution is 2.37. The first-order valence-corrected chi connectivity index (χ1v) is 7.21. The Balaban J connectivity index is 1.87. The summed E-state index contributed by atoms with van der Waals surface area (Å²) < 4.78 is 0.887. The van der Waals surface area contributed by atoms with E-state index in [1.807, 2.05) is 0 Å². The summed E-state index contributed by atoms with van der Waals surface area (Å²) in [4.78, 5) is 4.40. The molecule has 1 N–H and O–H groups in total.